The molecule has 2 aliphatic heterocycles. The number of hydrogen-bond donors (Lipinski definition) is 2. The van der Waals surface area contributed by atoms with Crippen molar-refractivity contribution in [3.05, 3.63) is 48.2 Å². The monoisotopic (exact) mass is 658 g/mol. The van der Waals surface area contributed by atoms with E-state index in [2.05, 4.69) is 27.4 Å². The molecule has 248 valence electrons. The maximum Gasteiger partial charge on any atom is 0.406 e. The summed E-state index contributed by atoms with van der Waals surface area (Å²) in [5, 5.41) is 7.43. The summed E-state index contributed by atoms with van der Waals surface area (Å²) in [5.74, 6) is 6.18. The Morgan fingerprint density at radius 2 is 1.87 bits per heavy atom. The molecule has 2 saturated heterocycles. The van der Waals surface area contributed by atoms with Crippen LogP contribution in [-0.4, -0.2) is 82.4 Å². The smallest absolute Gasteiger partial charge is 0.406 e. The fourth-order valence-electron chi connectivity index (χ4n) is 7.22. The van der Waals surface area contributed by atoms with E-state index in [1.807, 2.05) is 6.07 Å². The predicted octanol–water partition coefficient (Wildman–Crippen LogP) is 5.91. The fourth-order valence-corrected chi connectivity index (χ4v) is 7.86. The van der Waals surface area contributed by atoms with Crippen LogP contribution in [-0.2, 0) is 21.1 Å². The third-order valence-corrected chi connectivity index (χ3v) is 10.6. The second kappa shape index (κ2) is 13.0. The second-order valence-electron chi connectivity index (χ2n) is 13.0. The molecule has 12 heteroatoms. The number of sulfone groups is 1. The average molecular weight is 659 g/mol. The Bertz CT molecular complexity index is 1720. The minimum atomic E-state index is -4.42. The number of methoxy groups -OCH3 is 1. The first-order valence-corrected chi connectivity index (χ1v) is 17.7. The SMILES string of the molecule is COc1cc(S(C)(=O)=O)ccc1NCC#Cc1cc2c(N[C@H]3CC[C@H](N4CC5(CCCOC5)C4)CC3)cccc2n1CC(F)(F)F. The van der Waals surface area contributed by atoms with Crippen LogP contribution in [0.25, 0.3) is 10.9 Å². The lowest BCUT2D eigenvalue weighted by Gasteiger charge is -2.55. The third kappa shape index (κ3) is 7.27. The van der Waals surface area contributed by atoms with Crippen LogP contribution < -0.4 is 15.4 Å². The molecule has 1 saturated carbocycles. The third-order valence-electron chi connectivity index (χ3n) is 9.52. The molecule has 3 aliphatic rings. The highest BCUT2D eigenvalue weighted by atomic mass is 32.2. The molecule has 8 nitrogen and oxygen atoms in total. The molecule has 46 heavy (non-hydrogen) atoms. The summed E-state index contributed by atoms with van der Waals surface area (Å²) in [7, 11) is -1.98. The summed E-state index contributed by atoms with van der Waals surface area (Å²) in [6, 6.07) is 12.5. The molecule has 2 N–H and O–H groups in total. The van der Waals surface area contributed by atoms with Crippen LogP contribution in [0.4, 0.5) is 24.5 Å². The molecule has 0 amide bonds. The minimum absolute atomic E-state index is 0.113. The molecular weight excluding hydrogens is 617 g/mol. The van der Waals surface area contributed by atoms with Crippen molar-refractivity contribution >= 4 is 32.1 Å². The number of halogens is 3. The van der Waals surface area contributed by atoms with Gasteiger partial charge in [-0.15, -0.1) is 0 Å². The zero-order chi connectivity index (χ0) is 32.5. The number of fused-ring (bicyclic) bond motifs is 1. The number of nitrogens with zero attached hydrogens (tertiary/aromatic N) is 2. The lowest BCUT2D eigenvalue weighted by molar-refractivity contribution is -0.140. The van der Waals surface area contributed by atoms with Gasteiger partial charge in [0, 0.05) is 60.6 Å². The van der Waals surface area contributed by atoms with Crippen molar-refractivity contribution in [3.63, 3.8) is 0 Å². The van der Waals surface area contributed by atoms with Crippen molar-refractivity contribution in [1.82, 2.24) is 9.47 Å². The van der Waals surface area contributed by atoms with Crippen molar-refractivity contribution in [2.75, 3.05) is 56.8 Å². The lowest BCUT2D eigenvalue weighted by atomic mass is 9.73. The molecule has 0 bridgehead atoms. The minimum Gasteiger partial charge on any atom is -0.495 e. The van der Waals surface area contributed by atoms with E-state index < -0.39 is 22.6 Å². The number of benzene rings is 2. The van der Waals surface area contributed by atoms with Gasteiger partial charge >= 0.3 is 6.18 Å². The molecule has 1 spiro atoms. The lowest BCUT2D eigenvalue weighted by Crippen LogP contribution is -2.63. The number of likely N-dealkylation sites (tertiary alicyclic amines) is 1. The molecule has 0 radical (unpaired) electrons. The molecular formula is C34H41F3N4O4S. The number of hydrogen-bond acceptors (Lipinski definition) is 7. The normalized spacial score (nSPS) is 21.8. The van der Waals surface area contributed by atoms with Crippen LogP contribution >= 0.6 is 0 Å². The molecule has 6 rings (SSSR count). The van der Waals surface area contributed by atoms with Gasteiger partial charge in [0.05, 0.1) is 42.1 Å². The molecule has 3 heterocycles. The van der Waals surface area contributed by atoms with E-state index in [4.69, 9.17) is 9.47 Å². The molecule has 1 aliphatic carbocycles. The van der Waals surface area contributed by atoms with E-state index in [1.54, 1.807) is 24.3 Å². The van der Waals surface area contributed by atoms with E-state index in [1.165, 1.54) is 30.2 Å². The summed E-state index contributed by atoms with van der Waals surface area (Å²) in [4.78, 5) is 2.73. The number of nitrogens with one attached hydrogen (secondary N) is 2. The molecule has 3 aromatic rings. The molecule has 1 aromatic heterocycles. The molecule has 3 fully saturated rings. The van der Waals surface area contributed by atoms with Gasteiger partial charge < -0.3 is 24.7 Å². The van der Waals surface area contributed by atoms with Crippen LogP contribution in [0.1, 0.15) is 44.2 Å². The van der Waals surface area contributed by atoms with Crippen LogP contribution in [0.5, 0.6) is 5.75 Å². The number of rotatable bonds is 8. The first-order chi connectivity index (χ1) is 21.9. The van der Waals surface area contributed by atoms with Gasteiger partial charge in [0.2, 0.25) is 0 Å². The topological polar surface area (TPSA) is 84.8 Å². The highest BCUT2D eigenvalue weighted by Gasteiger charge is 2.46. The van der Waals surface area contributed by atoms with Crippen LogP contribution in [0, 0.1) is 17.3 Å². The van der Waals surface area contributed by atoms with E-state index >= 15 is 0 Å². The summed E-state index contributed by atoms with van der Waals surface area (Å²) in [6.45, 7) is 3.00. The highest BCUT2D eigenvalue weighted by Crippen LogP contribution is 2.42. The van der Waals surface area contributed by atoms with Gasteiger partial charge in [0.25, 0.3) is 0 Å². The molecule has 0 unspecified atom stereocenters. The van der Waals surface area contributed by atoms with E-state index in [-0.39, 0.29) is 23.2 Å². The number of alkyl halides is 3. The standard InChI is InChI=1S/C34H41F3N4O4S/c1-44-32-19-27(46(2,42)43)13-14-30(32)38-16-4-6-26-18-28-29(7-3-8-31(28)41(26)22-34(35,36)37)39-24-9-11-25(12-10-24)40-20-33(21-40)15-5-17-45-23-33/h3,7-8,13-14,18-19,24-25,38-39H,5,9-12,15-17,20-23H2,1-2H3/t24-,25-. The molecule has 0 atom stereocenters. The Morgan fingerprint density at radius 3 is 2.54 bits per heavy atom. The Kier molecular flexibility index (Phi) is 9.20. The zero-order valence-corrected chi connectivity index (χ0v) is 27.1. The van der Waals surface area contributed by atoms with Gasteiger partial charge in [-0.25, -0.2) is 8.42 Å². The predicted molar refractivity (Wildman–Crippen MR) is 173 cm³/mol. The summed E-state index contributed by atoms with van der Waals surface area (Å²) < 4.78 is 77.1. The van der Waals surface area contributed by atoms with Crippen molar-refractivity contribution in [2.45, 2.75) is 68.2 Å². The van der Waals surface area contributed by atoms with Gasteiger partial charge in [0.1, 0.15) is 12.3 Å². The summed E-state index contributed by atoms with van der Waals surface area (Å²) in [6.07, 6.45) is 3.34. The molecule has 2 aromatic carbocycles. The fraction of sp³-hybridized carbons (Fsp3) is 0.529. The largest absolute Gasteiger partial charge is 0.495 e. The van der Waals surface area contributed by atoms with E-state index in [0.29, 0.717) is 33.8 Å². The number of ether oxygens (including phenoxy) is 2. The van der Waals surface area contributed by atoms with Gasteiger partial charge in [-0.1, -0.05) is 12.0 Å². The first kappa shape index (κ1) is 32.5. The van der Waals surface area contributed by atoms with Gasteiger partial charge in [-0.3, -0.25) is 4.90 Å². The first-order valence-electron chi connectivity index (χ1n) is 15.8. The average Bonchev–Trinajstić information content (AvgIpc) is 3.35. The maximum atomic E-state index is 13.7. The Hall–Kier alpha value is -3.40. The van der Waals surface area contributed by atoms with Crippen molar-refractivity contribution < 1.29 is 31.1 Å². The van der Waals surface area contributed by atoms with E-state index in [9.17, 15) is 21.6 Å². The van der Waals surface area contributed by atoms with Gasteiger partial charge in [-0.2, -0.15) is 13.2 Å². The Morgan fingerprint density at radius 1 is 1.09 bits per heavy atom. The Balaban J connectivity index is 1.14. The van der Waals surface area contributed by atoms with Crippen LogP contribution in [0.15, 0.2) is 47.4 Å². The maximum absolute atomic E-state index is 13.7. The summed E-state index contributed by atoms with van der Waals surface area (Å²) in [5.41, 5.74) is 2.46. The second-order valence-corrected chi connectivity index (χ2v) is 15.0. The quantitative estimate of drug-likeness (QED) is 0.291. The highest BCUT2D eigenvalue weighted by molar-refractivity contribution is 7.90. The number of anilines is 2. The van der Waals surface area contributed by atoms with Crippen molar-refractivity contribution in [1.29, 1.82) is 0 Å². The van der Waals surface area contributed by atoms with Crippen LogP contribution in [0.3, 0.4) is 0 Å². The number of aromatic nitrogens is 1. The van der Waals surface area contributed by atoms with Crippen molar-refractivity contribution in [2.24, 2.45) is 5.41 Å². The Labute approximate surface area is 268 Å². The van der Waals surface area contributed by atoms with E-state index in [0.717, 1.165) is 70.4 Å². The summed E-state index contributed by atoms with van der Waals surface area (Å²) >= 11 is 0. The van der Waals surface area contributed by atoms with Crippen LogP contribution in [0.2, 0.25) is 0 Å². The van der Waals surface area contributed by atoms with Gasteiger partial charge in [-0.05, 0) is 74.8 Å². The van der Waals surface area contributed by atoms with Gasteiger partial charge in [0.15, 0.2) is 9.84 Å². The zero-order valence-electron chi connectivity index (χ0n) is 26.3. The van der Waals surface area contributed by atoms with Crippen molar-refractivity contribution in [3.8, 4) is 17.6 Å².